The first-order valence-electron chi connectivity index (χ1n) is 7.11. The van der Waals surface area contributed by atoms with Gasteiger partial charge >= 0.3 is 5.97 Å². The van der Waals surface area contributed by atoms with Gasteiger partial charge in [-0.15, -0.1) is 0 Å². The fourth-order valence-electron chi connectivity index (χ4n) is 2.32. The Hall–Kier alpha value is -2.88. The molecule has 2 rings (SSSR count). The first kappa shape index (κ1) is 16.5. The van der Waals surface area contributed by atoms with Crippen LogP contribution in [-0.2, 0) is 4.79 Å². The Morgan fingerprint density at radius 2 is 1.74 bits per heavy atom. The van der Waals surface area contributed by atoms with Crippen molar-refractivity contribution in [3.05, 3.63) is 71.3 Å². The van der Waals surface area contributed by atoms with Crippen molar-refractivity contribution in [1.82, 2.24) is 0 Å². The van der Waals surface area contributed by atoms with Gasteiger partial charge in [0.1, 0.15) is 0 Å². The lowest BCUT2D eigenvalue weighted by molar-refractivity contribution is -0.129. The normalized spacial score (nSPS) is 10.0. The van der Waals surface area contributed by atoms with Crippen molar-refractivity contribution >= 4 is 11.8 Å². The van der Waals surface area contributed by atoms with Crippen molar-refractivity contribution in [3.63, 3.8) is 0 Å². The van der Waals surface area contributed by atoms with Crippen LogP contribution in [0.15, 0.2) is 49.1 Å². The zero-order chi connectivity index (χ0) is 17.0. The van der Waals surface area contributed by atoms with Gasteiger partial charge in [0.2, 0.25) is 0 Å². The quantitative estimate of drug-likeness (QED) is 0.366. The topological polar surface area (TPSA) is 52.6 Å². The van der Waals surface area contributed by atoms with Crippen LogP contribution >= 0.6 is 0 Å². The molecule has 0 heterocycles. The molecule has 0 fully saturated rings. The number of aryl methyl sites for hydroxylation is 1. The third-order valence-corrected chi connectivity index (χ3v) is 3.59. The van der Waals surface area contributed by atoms with Crippen molar-refractivity contribution in [2.75, 3.05) is 7.11 Å². The minimum Gasteiger partial charge on any atom is -0.493 e. The summed E-state index contributed by atoms with van der Waals surface area (Å²) in [5, 5.41) is 0. The molecule has 2 aromatic rings. The van der Waals surface area contributed by atoms with Crippen LogP contribution in [0.25, 0.3) is 0 Å². The summed E-state index contributed by atoms with van der Waals surface area (Å²) in [4.78, 5) is 24.3. The number of ether oxygens (including phenoxy) is 2. The van der Waals surface area contributed by atoms with Crippen LogP contribution in [0.1, 0.15) is 27.0 Å². The highest BCUT2D eigenvalue weighted by Crippen LogP contribution is 2.34. The molecular formula is C19H18O4. The second-order valence-corrected chi connectivity index (χ2v) is 5.04. The van der Waals surface area contributed by atoms with Gasteiger partial charge < -0.3 is 9.47 Å². The number of hydrogen-bond donors (Lipinski definition) is 0. The number of benzene rings is 2. The van der Waals surface area contributed by atoms with Crippen LogP contribution < -0.4 is 9.47 Å². The van der Waals surface area contributed by atoms with Gasteiger partial charge in [-0.05, 0) is 31.5 Å². The molecule has 0 aromatic heterocycles. The highest BCUT2D eigenvalue weighted by Gasteiger charge is 2.20. The third kappa shape index (κ3) is 3.31. The molecule has 0 spiro atoms. The Bertz CT molecular complexity index is 775. The van der Waals surface area contributed by atoms with Crippen LogP contribution in [0.4, 0.5) is 0 Å². The largest absolute Gasteiger partial charge is 0.493 e. The maximum absolute atomic E-state index is 12.8. The average molecular weight is 310 g/mol. The predicted octanol–water partition coefficient (Wildman–Crippen LogP) is 3.63. The first-order valence-corrected chi connectivity index (χ1v) is 7.11. The van der Waals surface area contributed by atoms with Gasteiger partial charge in [-0.1, -0.05) is 30.8 Å². The molecule has 0 unspecified atom stereocenters. The van der Waals surface area contributed by atoms with Crippen LogP contribution in [0.5, 0.6) is 11.5 Å². The van der Waals surface area contributed by atoms with E-state index in [0.717, 1.165) is 11.6 Å². The number of carbonyl (C=O) groups excluding carboxylic acids is 2. The number of esters is 1. The van der Waals surface area contributed by atoms with Crippen molar-refractivity contribution in [3.8, 4) is 11.5 Å². The van der Waals surface area contributed by atoms with E-state index >= 15 is 0 Å². The molecule has 0 aliphatic rings. The Morgan fingerprint density at radius 1 is 1.04 bits per heavy atom. The number of carbonyl (C=O) groups is 2. The molecule has 118 valence electrons. The van der Waals surface area contributed by atoms with Gasteiger partial charge in [0.05, 0.1) is 7.11 Å². The molecule has 0 N–H and O–H groups in total. The Kier molecular flexibility index (Phi) is 4.96. The zero-order valence-electron chi connectivity index (χ0n) is 13.4. The zero-order valence-corrected chi connectivity index (χ0v) is 13.4. The average Bonchev–Trinajstić information content (AvgIpc) is 2.56. The van der Waals surface area contributed by atoms with Crippen LogP contribution in [0, 0.1) is 13.8 Å². The Balaban J connectivity index is 2.54. The van der Waals surface area contributed by atoms with E-state index in [1.807, 2.05) is 25.1 Å². The molecular weight excluding hydrogens is 292 g/mol. The molecule has 2 aromatic carbocycles. The molecule has 0 aliphatic heterocycles. The lowest BCUT2D eigenvalue weighted by Crippen LogP contribution is -2.10. The van der Waals surface area contributed by atoms with Crippen LogP contribution in [-0.4, -0.2) is 18.9 Å². The minimum atomic E-state index is -0.605. The van der Waals surface area contributed by atoms with Gasteiger partial charge in [0, 0.05) is 22.8 Å². The number of ketones is 1. The van der Waals surface area contributed by atoms with E-state index in [1.54, 1.807) is 25.1 Å². The van der Waals surface area contributed by atoms with Gasteiger partial charge in [0.25, 0.3) is 0 Å². The summed E-state index contributed by atoms with van der Waals surface area (Å²) < 4.78 is 10.5. The van der Waals surface area contributed by atoms with Gasteiger partial charge in [-0.25, -0.2) is 4.79 Å². The second-order valence-electron chi connectivity index (χ2n) is 5.04. The van der Waals surface area contributed by atoms with Crippen molar-refractivity contribution < 1.29 is 19.1 Å². The van der Waals surface area contributed by atoms with Gasteiger partial charge in [-0.3, -0.25) is 4.79 Å². The van der Waals surface area contributed by atoms with E-state index in [-0.39, 0.29) is 11.5 Å². The van der Waals surface area contributed by atoms with E-state index in [9.17, 15) is 9.59 Å². The van der Waals surface area contributed by atoms with Crippen LogP contribution in [0.2, 0.25) is 0 Å². The maximum atomic E-state index is 12.8. The lowest BCUT2D eigenvalue weighted by atomic mass is 9.95. The monoisotopic (exact) mass is 310 g/mol. The van der Waals surface area contributed by atoms with Crippen molar-refractivity contribution in [1.29, 1.82) is 0 Å². The van der Waals surface area contributed by atoms with Gasteiger partial charge in [-0.2, -0.15) is 0 Å². The third-order valence-electron chi connectivity index (χ3n) is 3.59. The predicted molar refractivity (Wildman–Crippen MR) is 88.2 cm³/mol. The first-order chi connectivity index (χ1) is 11.0. The number of hydrogen-bond acceptors (Lipinski definition) is 4. The number of rotatable bonds is 5. The van der Waals surface area contributed by atoms with E-state index in [4.69, 9.17) is 9.47 Å². The Labute approximate surface area is 135 Å². The molecule has 0 amide bonds. The lowest BCUT2D eigenvalue weighted by Gasteiger charge is -2.14. The Morgan fingerprint density at radius 3 is 2.35 bits per heavy atom. The summed E-state index contributed by atoms with van der Waals surface area (Å²) in [5.41, 5.74) is 2.51. The molecule has 0 saturated carbocycles. The smallest absolute Gasteiger partial charge is 0.335 e. The molecule has 0 saturated heterocycles. The standard InChI is InChI=1S/C19H18O4/c1-5-17(20)23-19-13(3)15(10-11-16(19)22-4)18(21)14-9-7-6-8-12(14)2/h5-11H,1H2,2-4H3. The van der Waals surface area contributed by atoms with Gasteiger partial charge in [0.15, 0.2) is 17.3 Å². The minimum absolute atomic E-state index is 0.126. The van der Waals surface area contributed by atoms with E-state index < -0.39 is 5.97 Å². The SMILES string of the molecule is C=CC(=O)Oc1c(OC)ccc(C(=O)c2ccccc2C)c1C. The molecule has 0 radical (unpaired) electrons. The van der Waals surface area contributed by atoms with Crippen LogP contribution in [0.3, 0.4) is 0 Å². The summed E-state index contributed by atoms with van der Waals surface area (Å²) in [6, 6.07) is 10.6. The molecule has 0 atom stereocenters. The maximum Gasteiger partial charge on any atom is 0.335 e. The summed E-state index contributed by atoms with van der Waals surface area (Å²) in [6.07, 6.45) is 1.06. The molecule has 0 aliphatic carbocycles. The highest BCUT2D eigenvalue weighted by molar-refractivity contribution is 6.11. The summed E-state index contributed by atoms with van der Waals surface area (Å²) >= 11 is 0. The van der Waals surface area contributed by atoms with Crippen molar-refractivity contribution in [2.45, 2.75) is 13.8 Å². The molecule has 23 heavy (non-hydrogen) atoms. The van der Waals surface area contributed by atoms with E-state index in [2.05, 4.69) is 6.58 Å². The van der Waals surface area contributed by atoms with Crippen molar-refractivity contribution in [2.24, 2.45) is 0 Å². The van der Waals surface area contributed by atoms with E-state index in [0.29, 0.717) is 22.4 Å². The number of methoxy groups -OCH3 is 1. The fourth-order valence-corrected chi connectivity index (χ4v) is 2.32. The molecule has 4 nitrogen and oxygen atoms in total. The molecule has 4 heteroatoms. The summed E-state index contributed by atoms with van der Waals surface area (Å²) in [6.45, 7) is 6.98. The summed E-state index contributed by atoms with van der Waals surface area (Å²) in [7, 11) is 1.48. The summed E-state index contributed by atoms with van der Waals surface area (Å²) in [5.74, 6) is -0.109. The second kappa shape index (κ2) is 6.92. The van der Waals surface area contributed by atoms with E-state index in [1.165, 1.54) is 7.11 Å². The highest BCUT2D eigenvalue weighted by atomic mass is 16.6. The molecule has 0 bridgehead atoms. The fraction of sp³-hybridized carbons (Fsp3) is 0.158.